The summed E-state index contributed by atoms with van der Waals surface area (Å²) >= 11 is 5.13. The summed E-state index contributed by atoms with van der Waals surface area (Å²) in [5.41, 5.74) is 3.58. The van der Waals surface area contributed by atoms with Gasteiger partial charge in [-0.3, -0.25) is 4.79 Å². The average Bonchev–Trinajstić information content (AvgIpc) is 3.16. The molecule has 0 fully saturated rings. The molecule has 0 amide bonds. The molecule has 4 rings (SSSR count). The molecule has 0 aliphatic heterocycles. The number of hydrogen-bond acceptors (Lipinski definition) is 4. The van der Waals surface area contributed by atoms with E-state index in [2.05, 4.69) is 41.1 Å². The minimum atomic E-state index is 0.0151. The quantitative estimate of drug-likeness (QED) is 0.200. The van der Waals surface area contributed by atoms with Crippen LogP contribution in [-0.4, -0.2) is 24.3 Å². The van der Waals surface area contributed by atoms with Crippen LogP contribution < -0.4 is 9.47 Å². The highest BCUT2D eigenvalue weighted by Crippen LogP contribution is 2.40. The highest BCUT2D eigenvalue weighted by molar-refractivity contribution is 9.09. The Morgan fingerprint density at radius 3 is 2.32 bits per heavy atom. The van der Waals surface area contributed by atoms with Crippen LogP contribution in [0, 0.1) is 6.92 Å². The van der Waals surface area contributed by atoms with Crippen LogP contribution in [0.1, 0.15) is 28.4 Å². The van der Waals surface area contributed by atoms with Crippen molar-refractivity contribution in [3.63, 3.8) is 0 Å². The fraction of sp³-hybridized carbons (Fsp3) is 0.192. The van der Waals surface area contributed by atoms with Crippen LogP contribution in [0.4, 0.5) is 0 Å². The van der Waals surface area contributed by atoms with E-state index < -0.39 is 0 Å². The largest absolute Gasteiger partial charge is 0.497 e. The number of benzene rings is 3. The number of thiophene rings is 1. The molecule has 31 heavy (non-hydrogen) atoms. The lowest BCUT2D eigenvalue weighted by molar-refractivity contribution is 0.104. The zero-order valence-corrected chi connectivity index (χ0v) is 20.0. The molecule has 3 nitrogen and oxygen atoms in total. The molecule has 0 saturated heterocycles. The van der Waals surface area contributed by atoms with Gasteiger partial charge in [-0.15, -0.1) is 11.3 Å². The van der Waals surface area contributed by atoms with E-state index in [1.54, 1.807) is 18.4 Å². The molecule has 1 heterocycles. The Bertz CT molecular complexity index is 1210. The van der Waals surface area contributed by atoms with Crippen LogP contribution >= 0.6 is 27.3 Å². The molecule has 1 unspecified atom stereocenters. The lowest BCUT2D eigenvalue weighted by atomic mass is 9.97. The van der Waals surface area contributed by atoms with Crippen molar-refractivity contribution in [1.82, 2.24) is 0 Å². The standard InChI is InChI=1S/C26H23BrO3S/c1-16-4-13-22-23(14-16)31-26(19-7-9-20(29-3)10-8-19)24(22)25(28)18-5-11-21(12-6-18)30-15-17(2)27/h4-14,17H,15H2,1-3H3. The van der Waals surface area contributed by atoms with Gasteiger partial charge in [-0.2, -0.15) is 0 Å². The molecule has 0 N–H and O–H groups in total. The molecule has 5 heteroatoms. The van der Waals surface area contributed by atoms with E-state index in [0.717, 1.165) is 37.6 Å². The van der Waals surface area contributed by atoms with Gasteiger partial charge in [-0.25, -0.2) is 0 Å². The molecule has 3 aromatic carbocycles. The van der Waals surface area contributed by atoms with Crippen molar-refractivity contribution in [2.75, 3.05) is 13.7 Å². The van der Waals surface area contributed by atoms with Gasteiger partial charge in [-0.1, -0.05) is 28.1 Å². The van der Waals surface area contributed by atoms with Crippen LogP contribution in [-0.2, 0) is 0 Å². The predicted octanol–water partition coefficient (Wildman–Crippen LogP) is 7.28. The SMILES string of the molecule is COc1ccc(-c2sc3cc(C)ccc3c2C(=O)c2ccc(OCC(C)Br)cc2)cc1. The normalized spacial score (nSPS) is 12.0. The number of carbonyl (C=O) groups excluding carboxylic acids is 1. The number of halogens is 1. The highest BCUT2D eigenvalue weighted by atomic mass is 79.9. The van der Waals surface area contributed by atoms with Gasteiger partial charge in [0.05, 0.1) is 7.11 Å². The number of methoxy groups -OCH3 is 1. The van der Waals surface area contributed by atoms with E-state index in [0.29, 0.717) is 12.2 Å². The molecule has 1 atom stereocenters. The van der Waals surface area contributed by atoms with Crippen LogP contribution in [0.3, 0.4) is 0 Å². The highest BCUT2D eigenvalue weighted by Gasteiger charge is 2.21. The van der Waals surface area contributed by atoms with Gasteiger partial charge in [0.1, 0.15) is 18.1 Å². The Balaban J connectivity index is 1.77. The molecule has 1 aromatic heterocycles. The number of aryl methyl sites for hydroxylation is 1. The number of rotatable bonds is 7. The van der Waals surface area contributed by atoms with Crippen molar-refractivity contribution in [1.29, 1.82) is 0 Å². The van der Waals surface area contributed by atoms with E-state index in [-0.39, 0.29) is 10.6 Å². The number of ether oxygens (including phenoxy) is 2. The second-order valence-electron chi connectivity index (χ2n) is 7.48. The van der Waals surface area contributed by atoms with Crippen molar-refractivity contribution >= 4 is 43.1 Å². The summed E-state index contributed by atoms with van der Waals surface area (Å²) in [5, 5.41) is 0.986. The first kappa shape index (κ1) is 21.6. The van der Waals surface area contributed by atoms with E-state index in [1.165, 1.54) is 5.56 Å². The van der Waals surface area contributed by atoms with E-state index in [4.69, 9.17) is 9.47 Å². The lowest BCUT2D eigenvalue weighted by Gasteiger charge is -2.09. The molecule has 0 spiro atoms. The van der Waals surface area contributed by atoms with Crippen molar-refractivity contribution < 1.29 is 14.3 Å². The Hall–Kier alpha value is -2.63. The maximum Gasteiger partial charge on any atom is 0.195 e. The molecule has 0 bridgehead atoms. The van der Waals surface area contributed by atoms with Gasteiger partial charge >= 0.3 is 0 Å². The first-order chi connectivity index (χ1) is 15.0. The summed E-state index contributed by atoms with van der Waals surface area (Å²) in [6.07, 6.45) is 0. The monoisotopic (exact) mass is 494 g/mol. The molecule has 0 radical (unpaired) electrons. The van der Waals surface area contributed by atoms with Gasteiger partial charge in [0.2, 0.25) is 0 Å². The third kappa shape index (κ3) is 4.68. The van der Waals surface area contributed by atoms with E-state index >= 15 is 0 Å². The van der Waals surface area contributed by atoms with Crippen molar-refractivity contribution in [2.24, 2.45) is 0 Å². The molecular formula is C26H23BrO3S. The molecule has 158 valence electrons. The van der Waals surface area contributed by atoms with Gasteiger partial charge in [0, 0.05) is 30.9 Å². The second-order valence-corrected chi connectivity index (χ2v) is 10.1. The molecule has 0 saturated carbocycles. The number of hydrogen-bond donors (Lipinski definition) is 0. The van der Waals surface area contributed by atoms with E-state index in [1.807, 2.05) is 55.5 Å². The van der Waals surface area contributed by atoms with Crippen LogP contribution in [0.2, 0.25) is 0 Å². The van der Waals surface area contributed by atoms with Crippen molar-refractivity contribution in [3.8, 4) is 21.9 Å². The summed E-state index contributed by atoms with van der Waals surface area (Å²) in [6, 6.07) is 21.5. The van der Waals surface area contributed by atoms with E-state index in [9.17, 15) is 4.79 Å². The third-order valence-electron chi connectivity index (χ3n) is 5.02. The smallest absolute Gasteiger partial charge is 0.195 e. The number of fused-ring (bicyclic) bond motifs is 1. The Morgan fingerprint density at radius 2 is 1.68 bits per heavy atom. The summed E-state index contributed by atoms with van der Waals surface area (Å²) < 4.78 is 12.1. The molecule has 4 aromatic rings. The fourth-order valence-corrected chi connectivity index (χ4v) is 4.87. The molecule has 0 aliphatic rings. The fourth-order valence-electron chi connectivity index (χ4n) is 3.43. The topological polar surface area (TPSA) is 35.5 Å². The first-order valence-electron chi connectivity index (χ1n) is 10.1. The Labute approximate surface area is 194 Å². The summed E-state index contributed by atoms with van der Waals surface area (Å²) in [5.74, 6) is 1.56. The van der Waals surface area contributed by atoms with Crippen molar-refractivity contribution in [3.05, 3.63) is 83.4 Å². The number of alkyl halides is 1. The summed E-state index contributed by atoms with van der Waals surface area (Å²) in [4.78, 5) is 14.9. The van der Waals surface area contributed by atoms with Gasteiger partial charge < -0.3 is 9.47 Å². The number of carbonyl (C=O) groups is 1. The van der Waals surface area contributed by atoms with Gasteiger partial charge in [0.25, 0.3) is 0 Å². The predicted molar refractivity (Wildman–Crippen MR) is 132 cm³/mol. The molecule has 0 aliphatic carbocycles. The minimum Gasteiger partial charge on any atom is -0.497 e. The summed E-state index contributed by atoms with van der Waals surface area (Å²) in [7, 11) is 1.65. The zero-order valence-electron chi connectivity index (χ0n) is 17.6. The van der Waals surface area contributed by atoms with Crippen LogP contribution in [0.5, 0.6) is 11.5 Å². The summed E-state index contributed by atoms with van der Waals surface area (Å²) in [6.45, 7) is 4.67. The Kier molecular flexibility index (Phi) is 6.44. The zero-order chi connectivity index (χ0) is 22.0. The second kappa shape index (κ2) is 9.25. The molecular weight excluding hydrogens is 472 g/mol. The Morgan fingerprint density at radius 1 is 1.00 bits per heavy atom. The average molecular weight is 495 g/mol. The third-order valence-corrected chi connectivity index (χ3v) is 6.49. The minimum absolute atomic E-state index is 0.0151. The van der Waals surface area contributed by atoms with Crippen molar-refractivity contribution in [2.45, 2.75) is 18.7 Å². The van der Waals surface area contributed by atoms with Gasteiger partial charge in [-0.05, 0) is 79.6 Å². The maximum atomic E-state index is 13.6. The lowest BCUT2D eigenvalue weighted by Crippen LogP contribution is -2.07. The maximum absolute atomic E-state index is 13.6. The first-order valence-corrected chi connectivity index (χ1v) is 11.8. The van der Waals surface area contributed by atoms with Crippen LogP contribution in [0.15, 0.2) is 66.7 Å². The number of ketones is 1. The van der Waals surface area contributed by atoms with Crippen LogP contribution in [0.25, 0.3) is 20.5 Å². The van der Waals surface area contributed by atoms with Gasteiger partial charge in [0.15, 0.2) is 5.78 Å².